The zero-order valence-electron chi connectivity index (χ0n) is 9.38. The number of rotatable bonds is 4. The van der Waals surface area contributed by atoms with Crippen molar-refractivity contribution in [1.82, 2.24) is 0 Å². The normalized spacial score (nSPS) is 12.5. The first-order valence-corrected chi connectivity index (χ1v) is 7.06. The summed E-state index contributed by atoms with van der Waals surface area (Å²) in [5, 5.41) is -0.287. The molecule has 8 heteroatoms. The Bertz CT molecular complexity index is 528. The fraction of sp³-hybridized carbons (Fsp3) is 0.400. The quantitative estimate of drug-likeness (QED) is 0.925. The third-order valence-corrected chi connectivity index (χ3v) is 3.82. The van der Waals surface area contributed by atoms with Crippen LogP contribution in [0.4, 0.5) is 18.9 Å². The van der Waals surface area contributed by atoms with Crippen molar-refractivity contribution in [3.05, 3.63) is 28.8 Å². The SMILES string of the molecule is CCCS(=O)(=O)Nc1ccc(C(F)(F)F)cc1Cl. The second-order valence-corrected chi connectivity index (χ2v) is 5.86. The predicted molar refractivity (Wildman–Crippen MR) is 64.2 cm³/mol. The van der Waals surface area contributed by atoms with E-state index in [2.05, 4.69) is 4.72 Å². The number of benzene rings is 1. The Labute approximate surface area is 108 Å². The second kappa shape index (κ2) is 5.36. The highest BCUT2D eigenvalue weighted by Crippen LogP contribution is 2.34. The molecular weight excluding hydrogens is 291 g/mol. The largest absolute Gasteiger partial charge is 0.416 e. The van der Waals surface area contributed by atoms with Gasteiger partial charge in [-0.05, 0) is 24.6 Å². The van der Waals surface area contributed by atoms with Crippen molar-refractivity contribution in [3.8, 4) is 0 Å². The Morgan fingerprint density at radius 2 is 1.94 bits per heavy atom. The van der Waals surface area contributed by atoms with Gasteiger partial charge in [-0.2, -0.15) is 13.2 Å². The van der Waals surface area contributed by atoms with Crippen LogP contribution in [0.1, 0.15) is 18.9 Å². The van der Waals surface area contributed by atoms with Crippen molar-refractivity contribution in [1.29, 1.82) is 0 Å². The minimum absolute atomic E-state index is 0.0573. The minimum atomic E-state index is -4.51. The Morgan fingerprint density at radius 3 is 2.39 bits per heavy atom. The van der Waals surface area contributed by atoms with Crippen molar-refractivity contribution in [2.75, 3.05) is 10.5 Å². The van der Waals surface area contributed by atoms with Gasteiger partial charge in [-0.25, -0.2) is 8.42 Å². The van der Waals surface area contributed by atoms with E-state index < -0.39 is 21.8 Å². The van der Waals surface area contributed by atoms with Gasteiger partial charge in [0.1, 0.15) is 0 Å². The summed E-state index contributed by atoms with van der Waals surface area (Å²) in [6.45, 7) is 1.67. The van der Waals surface area contributed by atoms with Crippen LogP contribution >= 0.6 is 11.6 Å². The van der Waals surface area contributed by atoms with Gasteiger partial charge in [0.2, 0.25) is 10.0 Å². The van der Waals surface area contributed by atoms with E-state index in [1.807, 2.05) is 0 Å². The molecule has 0 aliphatic carbocycles. The van der Waals surface area contributed by atoms with E-state index in [-0.39, 0.29) is 16.5 Å². The zero-order chi connectivity index (χ0) is 14.0. The van der Waals surface area contributed by atoms with E-state index in [1.54, 1.807) is 6.92 Å². The van der Waals surface area contributed by atoms with Crippen LogP contribution in [0.25, 0.3) is 0 Å². The summed E-state index contributed by atoms with van der Waals surface area (Å²) in [4.78, 5) is 0. The number of halogens is 4. The van der Waals surface area contributed by atoms with Crippen molar-refractivity contribution in [2.24, 2.45) is 0 Å². The highest BCUT2D eigenvalue weighted by molar-refractivity contribution is 7.92. The fourth-order valence-corrected chi connectivity index (χ4v) is 2.70. The fourth-order valence-electron chi connectivity index (χ4n) is 1.26. The van der Waals surface area contributed by atoms with Crippen molar-refractivity contribution < 1.29 is 21.6 Å². The molecule has 0 atom stereocenters. The zero-order valence-corrected chi connectivity index (χ0v) is 11.0. The number of alkyl halides is 3. The summed E-state index contributed by atoms with van der Waals surface area (Å²) >= 11 is 5.61. The Morgan fingerprint density at radius 1 is 1.33 bits per heavy atom. The Hall–Kier alpha value is -0.950. The maximum absolute atomic E-state index is 12.4. The molecule has 1 aromatic rings. The number of hydrogen-bond donors (Lipinski definition) is 1. The summed E-state index contributed by atoms with van der Waals surface area (Å²) in [5.41, 5.74) is -0.982. The number of anilines is 1. The van der Waals surface area contributed by atoms with Crippen LogP contribution in [-0.2, 0) is 16.2 Å². The molecule has 3 nitrogen and oxygen atoms in total. The topological polar surface area (TPSA) is 46.2 Å². The van der Waals surface area contributed by atoms with Gasteiger partial charge in [-0.1, -0.05) is 18.5 Å². The van der Waals surface area contributed by atoms with Gasteiger partial charge in [-0.3, -0.25) is 4.72 Å². The second-order valence-electron chi connectivity index (χ2n) is 3.61. The molecule has 18 heavy (non-hydrogen) atoms. The monoisotopic (exact) mass is 301 g/mol. The molecule has 1 aromatic carbocycles. The van der Waals surface area contributed by atoms with Crippen molar-refractivity contribution >= 4 is 27.3 Å². The van der Waals surface area contributed by atoms with Crippen molar-refractivity contribution in [2.45, 2.75) is 19.5 Å². The van der Waals surface area contributed by atoms with Gasteiger partial charge in [0, 0.05) is 0 Å². The molecule has 0 saturated heterocycles. The van der Waals surface area contributed by atoms with Gasteiger partial charge in [0.05, 0.1) is 22.0 Å². The summed E-state index contributed by atoms with van der Waals surface area (Å²) < 4.78 is 62.1. The lowest BCUT2D eigenvalue weighted by molar-refractivity contribution is -0.137. The first-order chi connectivity index (χ1) is 8.15. The molecule has 0 fully saturated rings. The molecule has 0 aromatic heterocycles. The van der Waals surface area contributed by atoms with Crippen LogP contribution < -0.4 is 4.72 Å². The molecule has 0 heterocycles. The van der Waals surface area contributed by atoms with E-state index in [4.69, 9.17) is 11.6 Å². The van der Waals surface area contributed by atoms with Crippen LogP contribution in [-0.4, -0.2) is 14.2 Å². The summed E-state index contributed by atoms with van der Waals surface area (Å²) in [5.74, 6) is -0.121. The van der Waals surface area contributed by atoms with E-state index in [1.165, 1.54) is 0 Å². The molecule has 0 aliphatic rings. The molecule has 0 bridgehead atoms. The molecule has 102 valence electrons. The van der Waals surface area contributed by atoms with Gasteiger partial charge >= 0.3 is 6.18 Å². The maximum atomic E-state index is 12.4. The minimum Gasteiger partial charge on any atom is -0.282 e. The lowest BCUT2D eigenvalue weighted by atomic mass is 10.2. The van der Waals surface area contributed by atoms with E-state index in [9.17, 15) is 21.6 Å². The first-order valence-electron chi connectivity index (χ1n) is 5.03. The lowest BCUT2D eigenvalue weighted by Crippen LogP contribution is -2.16. The molecule has 0 unspecified atom stereocenters. The standard InChI is InChI=1S/C10H11ClF3NO2S/c1-2-5-18(16,17)15-9-4-3-7(6-8(9)11)10(12,13)14/h3-4,6,15H,2,5H2,1H3. The average Bonchev–Trinajstić information content (AvgIpc) is 2.19. The van der Waals surface area contributed by atoms with Gasteiger partial charge in [-0.15, -0.1) is 0 Å². The van der Waals surface area contributed by atoms with Crippen LogP contribution in [0.15, 0.2) is 18.2 Å². The third-order valence-electron chi connectivity index (χ3n) is 2.03. The van der Waals surface area contributed by atoms with Crippen LogP contribution in [0, 0.1) is 0 Å². The lowest BCUT2D eigenvalue weighted by Gasteiger charge is -2.11. The molecule has 0 aliphatic heterocycles. The van der Waals surface area contributed by atoms with Crippen LogP contribution in [0.5, 0.6) is 0 Å². The molecule has 0 amide bonds. The third kappa shape index (κ3) is 4.06. The van der Waals surface area contributed by atoms with Crippen molar-refractivity contribution in [3.63, 3.8) is 0 Å². The smallest absolute Gasteiger partial charge is 0.282 e. The Balaban J connectivity index is 3.01. The number of sulfonamides is 1. The number of nitrogens with one attached hydrogen (secondary N) is 1. The molecule has 1 rings (SSSR count). The predicted octanol–water partition coefficient (Wildman–Crippen LogP) is 3.51. The van der Waals surface area contributed by atoms with Gasteiger partial charge < -0.3 is 0 Å². The van der Waals surface area contributed by atoms with E-state index >= 15 is 0 Å². The number of hydrogen-bond acceptors (Lipinski definition) is 2. The summed E-state index contributed by atoms with van der Waals surface area (Å²) in [6, 6.07) is 2.46. The van der Waals surface area contributed by atoms with E-state index in [0.29, 0.717) is 12.5 Å². The summed E-state index contributed by atoms with van der Waals surface area (Å²) in [7, 11) is -3.57. The molecular formula is C10H11ClF3NO2S. The van der Waals surface area contributed by atoms with E-state index in [0.717, 1.165) is 12.1 Å². The van der Waals surface area contributed by atoms with Gasteiger partial charge in [0.25, 0.3) is 0 Å². The molecule has 1 N–H and O–H groups in total. The molecule has 0 spiro atoms. The first kappa shape index (κ1) is 15.1. The summed E-state index contributed by atoms with van der Waals surface area (Å²) in [6.07, 6.45) is -4.11. The highest BCUT2D eigenvalue weighted by atomic mass is 35.5. The van der Waals surface area contributed by atoms with Gasteiger partial charge in [0.15, 0.2) is 0 Å². The highest BCUT2D eigenvalue weighted by Gasteiger charge is 2.31. The molecule has 0 saturated carbocycles. The molecule has 0 radical (unpaired) electrons. The Kier molecular flexibility index (Phi) is 4.50. The average molecular weight is 302 g/mol. The van der Waals surface area contributed by atoms with Crippen LogP contribution in [0.3, 0.4) is 0 Å². The maximum Gasteiger partial charge on any atom is 0.416 e. The van der Waals surface area contributed by atoms with Crippen LogP contribution in [0.2, 0.25) is 5.02 Å².